The summed E-state index contributed by atoms with van der Waals surface area (Å²) in [4.78, 5) is 28.8. The number of hydrogen-bond donors (Lipinski definition) is 1. The van der Waals surface area contributed by atoms with Crippen molar-refractivity contribution in [2.45, 2.75) is 6.92 Å². The van der Waals surface area contributed by atoms with E-state index in [0.717, 1.165) is 17.0 Å². The highest BCUT2D eigenvalue weighted by atomic mass is 35.5. The maximum absolute atomic E-state index is 12.6. The molecule has 1 aliphatic heterocycles. The largest absolute Gasteiger partial charge is 0.495 e. The standard InChI is InChI=1S/C21H24ClN3O4/c1-14-12-16(19(29-3)13-15(14)22)23-20(26)21(27)25-10-8-24(9-11-25)17-6-4-5-7-18(17)28-2/h4-7,12-13H,8-11H2,1-3H3,(H,23,26). The molecule has 154 valence electrons. The van der Waals surface area contributed by atoms with Crippen molar-refractivity contribution >= 4 is 34.8 Å². The number of nitrogens with one attached hydrogen (secondary N) is 1. The van der Waals surface area contributed by atoms with E-state index in [0.29, 0.717) is 42.6 Å². The highest BCUT2D eigenvalue weighted by molar-refractivity contribution is 6.39. The first kappa shape index (κ1) is 20.8. The third-order valence-corrected chi connectivity index (χ3v) is 5.32. The first-order valence-corrected chi connectivity index (χ1v) is 9.64. The second-order valence-electron chi connectivity index (χ2n) is 6.71. The molecule has 0 unspecified atom stereocenters. The zero-order valence-corrected chi connectivity index (χ0v) is 17.5. The molecule has 0 spiro atoms. The molecule has 1 heterocycles. The molecule has 0 saturated carbocycles. The minimum absolute atomic E-state index is 0.405. The molecule has 2 aromatic rings. The lowest BCUT2D eigenvalue weighted by Gasteiger charge is -2.36. The maximum Gasteiger partial charge on any atom is 0.314 e. The molecular formula is C21H24ClN3O4. The Morgan fingerprint density at radius 3 is 2.31 bits per heavy atom. The van der Waals surface area contributed by atoms with Crippen molar-refractivity contribution in [3.05, 3.63) is 47.0 Å². The minimum Gasteiger partial charge on any atom is -0.495 e. The topological polar surface area (TPSA) is 71.1 Å². The van der Waals surface area contributed by atoms with Gasteiger partial charge in [0.2, 0.25) is 0 Å². The number of rotatable bonds is 4. The van der Waals surface area contributed by atoms with Gasteiger partial charge < -0.3 is 24.6 Å². The number of amides is 2. The molecule has 0 bridgehead atoms. The molecule has 0 aliphatic carbocycles. The van der Waals surface area contributed by atoms with Crippen LogP contribution in [0.2, 0.25) is 5.02 Å². The molecule has 0 radical (unpaired) electrons. The highest BCUT2D eigenvalue weighted by Gasteiger charge is 2.27. The summed E-state index contributed by atoms with van der Waals surface area (Å²) >= 11 is 6.09. The summed E-state index contributed by atoms with van der Waals surface area (Å²) in [6.45, 7) is 3.93. The van der Waals surface area contributed by atoms with Gasteiger partial charge in [0, 0.05) is 37.3 Å². The second-order valence-corrected chi connectivity index (χ2v) is 7.11. The third kappa shape index (κ3) is 4.56. The van der Waals surface area contributed by atoms with E-state index >= 15 is 0 Å². The SMILES string of the molecule is COc1cc(Cl)c(C)cc1NC(=O)C(=O)N1CCN(c2ccccc2OC)CC1. The van der Waals surface area contributed by atoms with Crippen LogP contribution in [-0.4, -0.2) is 57.1 Å². The molecule has 2 aromatic carbocycles. The number of nitrogens with zero attached hydrogens (tertiary/aromatic N) is 2. The number of aryl methyl sites for hydroxylation is 1. The Bertz CT molecular complexity index is 911. The Morgan fingerprint density at radius 1 is 1.00 bits per heavy atom. The smallest absolute Gasteiger partial charge is 0.314 e. The van der Waals surface area contributed by atoms with Crippen LogP contribution in [0.15, 0.2) is 36.4 Å². The minimum atomic E-state index is -0.698. The van der Waals surface area contributed by atoms with Crippen molar-refractivity contribution < 1.29 is 19.1 Å². The Kier molecular flexibility index (Phi) is 6.49. The van der Waals surface area contributed by atoms with E-state index < -0.39 is 11.8 Å². The summed E-state index contributed by atoms with van der Waals surface area (Å²) in [5, 5.41) is 3.17. The monoisotopic (exact) mass is 417 g/mol. The highest BCUT2D eigenvalue weighted by Crippen LogP contribution is 2.31. The van der Waals surface area contributed by atoms with Crippen LogP contribution >= 0.6 is 11.6 Å². The fourth-order valence-corrected chi connectivity index (χ4v) is 3.44. The quantitative estimate of drug-likeness (QED) is 0.774. The summed E-state index contributed by atoms with van der Waals surface area (Å²) in [7, 11) is 3.12. The van der Waals surface area contributed by atoms with Crippen molar-refractivity contribution in [1.82, 2.24) is 4.90 Å². The molecule has 1 N–H and O–H groups in total. The number of ether oxygens (including phenoxy) is 2. The number of para-hydroxylation sites is 2. The van der Waals surface area contributed by atoms with Crippen molar-refractivity contribution in [2.75, 3.05) is 50.6 Å². The van der Waals surface area contributed by atoms with Gasteiger partial charge in [0.15, 0.2) is 0 Å². The van der Waals surface area contributed by atoms with Crippen LogP contribution in [0.1, 0.15) is 5.56 Å². The van der Waals surface area contributed by atoms with Crippen LogP contribution in [0.4, 0.5) is 11.4 Å². The molecule has 8 heteroatoms. The number of benzene rings is 2. The van der Waals surface area contributed by atoms with Gasteiger partial charge in [-0.25, -0.2) is 0 Å². The molecule has 1 fully saturated rings. The van der Waals surface area contributed by atoms with E-state index in [1.807, 2.05) is 31.2 Å². The van der Waals surface area contributed by atoms with Gasteiger partial charge in [0.25, 0.3) is 0 Å². The van der Waals surface area contributed by atoms with Gasteiger partial charge in [-0.3, -0.25) is 9.59 Å². The summed E-state index contributed by atoms with van der Waals surface area (Å²) in [6, 6.07) is 11.1. The van der Waals surface area contributed by atoms with Crippen LogP contribution in [-0.2, 0) is 9.59 Å². The van der Waals surface area contributed by atoms with E-state index in [4.69, 9.17) is 21.1 Å². The third-order valence-electron chi connectivity index (χ3n) is 4.92. The first-order valence-electron chi connectivity index (χ1n) is 9.27. The molecule has 3 rings (SSSR count). The van der Waals surface area contributed by atoms with Crippen molar-refractivity contribution in [3.8, 4) is 11.5 Å². The van der Waals surface area contributed by atoms with E-state index in [2.05, 4.69) is 10.2 Å². The summed E-state index contributed by atoms with van der Waals surface area (Å²) in [5.41, 5.74) is 2.17. The number of piperazine rings is 1. The van der Waals surface area contributed by atoms with Gasteiger partial charge >= 0.3 is 11.8 Å². The number of anilines is 2. The molecule has 29 heavy (non-hydrogen) atoms. The van der Waals surface area contributed by atoms with Crippen molar-refractivity contribution in [2.24, 2.45) is 0 Å². The molecule has 1 saturated heterocycles. The van der Waals surface area contributed by atoms with E-state index in [1.165, 1.54) is 7.11 Å². The van der Waals surface area contributed by atoms with Gasteiger partial charge in [0.05, 0.1) is 25.6 Å². The van der Waals surface area contributed by atoms with Crippen LogP contribution in [0.25, 0.3) is 0 Å². The predicted molar refractivity (Wildman–Crippen MR) is 113 cm³/mol. The lowest BCUT2D eigenvalue weighted by Crippen LogP contribution is -2.51. The number of hydrogen-bond acceptors (Lipinski definition) is 5. The van der Waals surface area contributed by atoms with Crippen LogP contribution in [0, 0.1) is 6.92 Å². The van der Waals surface area contributed by atoms with Crippen molar-refractivity contribution in [3.63, 3.8) is 0 Å². The van der Waals surface area contributed by atoms with Gasteiger partial charge in [-0.05, 0) is 30.7 Å². The number of halogens is 1. The second kappa shape index (κ2) is 9.05. The summed E-state index contributed by atoms with van der Waals surface area (Å²) < 4.78 is 10.7. The summed E-state index contributed by atoms with van der Waals surface area (Å²) in [5.74, 6) is -0.0759. The molecule has 0 aromatic heterocycles. The lowest BCUT2D eigenvalue weighted by atomic mass is 10.2. The molecule has 1 aliphatic rings. The van der Waals surface area contributed by atoms with Crippen LogP contribution < -0.4 is 19.7 Å². The fourth-order valence-electron chi connectivity index (χ4n) is 3.29. The average molecular weight is 418 g/mol. The maximum atomic E-state index is 12.6. The van der Waals surface area contributed by atoms with Gasteiger partial charge in [0.1, 0.15) is 11.5 Å². The number of methoxy groups -OCH3 is 2. The Labute approximate surface area is 175 Å². The molecule has 0 atom stereocenters. The Morgan fingerprint density at radius 2 is 1.66 bits per heavy atom. The lowest BCUT2D eigenvalue weighted by molar-refractivity contribution is -0.143. The van der Waals surface area contributed by atoms with E-state index in [9.17, 15) is 9.59 Å². The number of carbonyl (C=O) groups excluding carboxylic acids is 2. The first-order chi connectivity index (χ1) is 13.9. The fraction of sp³-hybridized carbons (Fsp3) is 0.333. The normalized spacial score (nSPS) is 13.8. The van der Waals surface area contributed by atoms with Crippen LogP contribution in [0.3, 0.4) is 0 Å². The van der Waals surface area contributed by atoms with Crippen LogP contribution in [0.5, 0.6) is 11.5 Å². The Balaban J connectivity index is 1.64. The summed E-state index contributed by atoms with van der Waals surface area (Å²) in [6.07, 6.45) is 0. The molecule has 7 nitrogen and oxygen atoms in total. The average Bonchev–Trinajstić information content (AvgIpc) is 2.75. The molecule has 2 amide bonds. The predicted octanol–water partition coefficient (Wildman–Crippen LogP) is 2.95. The molecular weight excluding hydrogens is 394 g/mol. The van der Waals surface area contributed by atoms with Crippen molar-refractivity contribution in [1.29, 1.82) is 0 Å². The van der Waals surface area contributed by atoms with E-state index in [-0.39, 0.29) is 0 Å². The number of carbonyl (C=O) groups is 2. The van der Waals surface area contributed by atoms with Gasteiger partial charge in [-0.15, -0.1) is 0 Å². The van der Waals surface area contributed by atoms with E-state index in [1.54, 1.807) is 24.1 Å². The zero-order valence-electron chi connectivity index (χ0n) is 16.7. The Hall–Kier alpha value is -2.93. The van der Waals surface area contributed by atoms with Gasteiger partial charge in [-0.1, -0.05) is 23.7 Å². The van der Waals surface area contributed by atoms with Gasteiger partial charge in [-0.2, -0.15) is 0 Å². The zero-order chi connectivity index (χ0) is 21.0.